The van der Waals surface area contributed by atoms with Crippen molar-refractivity contribution in [2.75, 3.05) is 6.54 Å². The first-order valence-corrected chi connectivity index (χ1v) is 7.85. The first-order valence-electron chi connectivity index (χ1n) is 7.85. The zero-order valence-corrected chi connectivity index (χ0v) is 15.3. The van der Waals surface area contributed by atoms with E-state index in [0.29, 0.717) is 11.1 Å². The van der Waals surface area contributed by atoms with E-state index in [2.05, 4.69) is 5.32 Å². The lowest BCUT2D eigenvalue weighted by molar-refractivity contribution is 0.0879. The molecule has 0 bridgehead atoms. The molecular weight excluding hydrogens is 346 g/mol. The van der Waals surface area contributed by atoms with Crippen LogP contribution in [-0.2, 0) is 0 Å². The summed E-state index contributed by atoms with van der Waals surface area (Å²) in [7, 11) is 0. The van der Waals surface area contributed by atoms with Crippen molar-refractivity contribution in [2.24, 2.45) is 11.7 Å². The molecular formula is C19H23ClF2N2O. The van der Waals surface area contributed by atoms with E-state index >= 15 is 0 Å². The molecule has 2 aromatic rings. The van der Waals surface area contributed by atoms with Gasteiger partial charge in [-0.1, -0.05) is 32.0 Å². The summed E-state index contributed by atoms with van der Waals surface area (Å²) in [5, 5.41) is 2.81. The van der Waals surface area contributed by atoms with Gasteiger partial charge in [0.25, 0.3) is 5.91 Å². The maximum absolute atomic E-state index is 14.4. The van der Waals surface area contributed by atoms with Gasteiger partial charge in [-0.05, 0) is 48.2 Å². The molecule has 2 aromatic carbocycles. The lowest BCUT2D eigenvalue weighted by Gasteiger charge is -2.33. The third-order valence-electron chi connectivity index (χ3n) is 4.49. The van der Waals surface area contributed by atoms with Crippen LogP contribution in [0, 0.1) is 17.6 Å². The van der Waals surface area contributed by atoms with Crippen LogP contribution in [0.5, 0.6) is 0 Å². The molecule has 1 amide bonds. The number of rotatable bonds is 5. The fraction of sp³-hybridized carbons (Fsp3) is 0.316. The van der Waals surface area contributed by atoms with Gasteiger partial charge in [0.05, 0.1) is 11.1 Å². The van der Waals surface area contributed by atoms with Gasteiger partial charge in [0.2, 0.25) is 0 Å². The molecule has 0 saturated heterocycles. The molecule has 0 aromatic heterocycles. The van der Waals surface area contributed by atoms with E-state index in [-0.39, 0.29) is 36.3 Å². The Bertz CT molecular complexity index is 735. The first kappa shape index (κ1) is 21.1. The van der Waals surface area contributed by atoms with Crippen LogP contribution in [0.15, 0.2) is 42.5 Å². The van der Waals surface area contributed by atoms with Gasteiger partial charge in [-0.15, -0.1) is 12.4 Å². The Labute approximate surface area is 153 Å². The van der Waals surface area contributed by atoms with Crippen molar-refractivity contribution >= 4 is 18.3 Å². The highest BCUT2D eigenvalue weighted by Gasteiger charge is 2.29. The molecule has 2 rings (SSSR count). The smallest absolute Gasteiger partial charge is 0.254 e. The molecule has 0 saturated carbocycles. The second-order valence-electron chi connectivity index (χ2n) is 6.43. The molecule has 136 valence electrons. The highest BCUT2D eigenvalue weighted by Crippen LogP contribution is 2.23. The molecule has 0 spiro atoms. The fourth-order valence-electron chi connectivity index (χ4n) is 2.28. The molecule has 3 nitrogen and oxygen atoms in total. The summed E-state index contributed by atoms with van der Waals surface area (Å²) in [5.74, 6) is -1.38. The number of hydrogen-bond donors (Lipinski definition) is 2. The molecule has 0 radical (unpaired) electrons. The highest BCUT2D eigenvalue weighted by atomic mass is 35.5. The standard InChI is InChI=1S/C19H22F2N2O.ClH/c1-12(2)19(3,11-22)23-18(24)16-9-6-14(10-17(16)21)13-4-7-15(20)8-5-13;/h4-10,12H,11,22H2,1-3H3,(H,23,24);1H. The van der Waals surface area contributed by atoms with Crippen LogP contribution in [0.2, 0.25) is 0 Å². The van der Waals surface area contributed by atoms with Gasteiger partial charge in [0.15, 0.2) is 0 Å². The number of nitrogens with one attached hydrogen (secondary N) is 1. The van der Waals surface area contributed by atoms with E-state index in [9.17, 15) is 13.6 Å². The zero-order chi connectivity index (χ0) is 17.9. The number of carbonyl (C=O) groups excluding carboxylic acids is 1. The van der Waals surface area contributed by atoms with Gasteiger partial charge in [-0.3, -0.25) is 4.79 Å². The van der Waals surface area contributed by atoms with Crippen LogP contribution in [0.25, 0.3) is 11.1 Å². The lowest BCUT2D eigenvalue weighted by atomic mass is 9.88. The third-order valence-corrected chi connectivity index (χ3v) is 4.49. The minimum atomic E-state index is -0.627. The van der Waals surface area contributed by atoms with Crippen molar-refractivity contribution in [2.45, 2.75) is 26.3 Å². The Hall–Kier alpha value is -1.98. The van der Waals surface area contributed by atoms with Gasteiger partial charge in [0.1, 0.15) is 11.6 Å². The monoisotopic (exact) mass is 368 g/mol. The normalized spacial score (nSPS) is 13.1. The van der Waals surface area contributed by atoms with Crippen molar-refractivity contribution in [3.8, 4) is 11.1 Å². The number of hydrogen-bond acceptors (Lipinski definition) is 2. The number of nitrogens with two attached hydrogens (primary N) is 1. The van der Waals surface area contributed by atoms with Crippen LogP contribution >= 0.6 is 12.4 Å². The Morgan fingerprint density at radius 2 is 1.68 bits per heavy atom. The van der Waals surface area contributed by atoms with Crippen LogP contribution < -0.4 is 11.1 Å². The SMILES string of the molecule is CC(C)C(C)(CN)NC(=O)c1ccc(-c2ccc(F)cc2)cc1F.Cl. The molecule has 6 heteroatoms. The van der Waals surface area contributed by atoms with E-state index in [1.165, 1.54) is 24.3 Å². The highest BCUT2D eigenvalue weighted by molar-refractivity contribution is 5.95. The van der Waals surface area contributed by atoms with E-state index in [1.807, 2.05) is 20.8 Å². The molecule has 1 atom stereocenters. The molecule has 0 aliphatic carbocycles. The van der Waals surface area contributed by atoms with E-state index in [0.717, 1.165) is 0 Å². The van der Waals surface area contributed by atoms with Gasteiger partial charge in [-0.2, -0.15) is 0 Å². The number of carbonyl (C=O) groups is 1. The summed E-state index contributed by atoms with van der Waals surface area (Å²) in [5.41, 5.74) is 6.35. The first-order chi connectivity index (χ1) is 11.3. The Kier molecular flexibility index (Phi) is 7.08. The number of halogens is 3. The molecule has 3 N–H and O–H groups in total. The average Bonchev–Trinajstić information content (AvgIpc) is 2.54. The predicted molar refractivity (Wildman–Crippen MR) is 98.8 cm³/mol. The Morgan fingerprint density at radius 1 is 1.12 bits per heavy atom. The quantitative estimate of drug-likeness (QED) is 0.832. The molecule has 0 aliphatic heterocycles. The van der Waals surface area contributed by atoms with Gasteiger partial charge >= 0.3 is 0 Å². The van der Waals surface area contributed by atoms with Crippen LogP contribution in [-0.4, -0.2) is 18.0 Å². The van der Waals surface area contributed by atoms with Crippen LogP contribution in [0.1, 0.15) is 31.1 Å². The topological polar surface area (TPSA) is 55.1 Å². The maximum atomic E-state index is 14.4. The molecule has 25 heavy (non-hydrogen) atoms. The second-order valence-corrected chi connectivity index (χ2v) is 6.43. The van der Waals surface area contributed by atoms with Crippen molar-refractivity contribution in [1.29, 1.82) is 0 Å². The van der Waals surface area contributed by atoms with Crippen LogP contribution in [0.3, 0.4) is 0 Å². The maximum Gasteiger partial charge on any atom is 0.254 e. The Balaban J connectivity index is 0.00000312. The zero-order valence-electron chi connectivity index (χ0n) is 14.5. The summed E-state index contributed by atoms with van der Waals surface area (Å²) in [6, 6.07) is 10.1. The van der Waals surface area contributed by atoms with E-state index < -0.39 is 17.3 Å². The predicted octanol–water partition coefficient (Wildman–Crippen LogP) is 4.16. The lowest BCUT2D eigenvalue weighted by Crippen LogP contribution is -2.55. The summed E-state index contributed by atoms with van der Waals surface area (Å²) < 4.78 is 27.4. The number of amides is 1. The van der Waals surface area contributed by atoms with Crippen molar-refractivity contribution in [1.82, 2.24) is 5.32 Å². The summed E-state index contributed by atoms with van der Waals surface area (Å²) in [6.45, 7) is 5.98. The van der Waals surface area contributed by atoms with Crippen molar-refractivity contribution in [3.05, 3.63) is 59.7 Å². The van der Waals surface area contributed by atoms with Crippen molar-refractivity contribution in [3.63, 3.8) is 0 Å². The number of benzene rings is 2. The van der Waals surface area contributed by atoms with E-state index in [4.69, 9.17) is 5.73 Å². The average molecular weight is 369 g/mol. The van der Waals surface area contributed by atoms with Gasteiger partial charge in [0, 0.05) is 6.54 Å². The minimum Gasteiger partial charge on any atom is -0.345 e. The molecule has 0 heterocycles. The summed E-state index contributed by atoms with van der Waals surface area (Å²) in [6.07, 6.45) is 0. The largest absolute Gasteiger partial charge is 0.345 e. The molecule has 0 fully saturated rings. The summed E-state index contributed by atoms with van der Waals surface area (Å²) >= 11 is 0. The van der Waals surface area contributed by atoms with Crippen molar-refractivity contribution < 1.29 is 13.6 Å². The Morgan fingerprint density at radius 3 is 2.16 bits per heavy atom. The van der Waals surface area contributed by atoms with Gasteiger partial charge < -0.3 is 11.1 Å². The van der Waals surface area contributed by atoms with E-state index in [1.54, 1.807) is 18.2 Å². The summed E-state index contributed by atoms with van der Waals surface area (Å²) in [4.78, 5) is 12.4. The third kappa shape index (κ3) is 4.77. The molecule has 1 unspecified atom stereocenters. The van der Waals surface area contributed by atoms with Crippen LogP contribution in [0.4, 0.5) is 8.78 Å². The minimum absolute atomic E-state index is 0. The molecule has 0 aliphatic rings. The fourth-order valence-corrected chi connectivity index (χ4v) is 2.28. The van der Waals surface area contributed by atoms with Gasteiger partial charge in [-0.25, -0.2) is 8.78 Å². The second kappa shape index (κ2) is 8.41.